The van der Waals surface area contributed by atoms with Crippen LogP contribution in [0.15, 0.2) is 48.9 Å². The minimum Gasteiger partial charge on any atom is -0.352 e. The Labute approximate surface area is 242 Å². The fraction of sp³-hybridized carbons (Fsp3) is 0.367. The van der Waals surface area contributed by atoms with Crippen molar-refractivity contribution in [2.45, 2.75) is 64.6 Å². The van der Waals surface area contributed by atoms with Gasteiger partial charge in [0.2, 0.25) is 11.9 Å². The first kappa shape index (κ1) is 29.1. The molecule has 0 saturated heterocycles. The number of nitrogens with two attached hydrogens (primary N) is 1. The maximum atomic E-state index is 15.5. The van der Waals surface area contributed by atoms with Gasteiger partial charge in [0.25, 0.3) is 5.91 Å². The summed E-state index contributed by atoms with van der Waals surface area (Å²) >= 11 is 0. The smallest absolute Gasteiger partial charge is 0.254 e. The Bertz CT molecular complexity index is 1630. The Hall–Kier alpha value is -4.45. The molecule has 5 N–H and O–H groups in total. The number of nitrogens with zero attached hydrogens (tertiary/aromatic N) is 4. The molecule has 3 heterocycles. The second-order valence-electron chi connectivity index (χ2n) is 11.2. The van der Waals surface area contributed by atoms with Crippen LogP contribution in [-0.4, -0.2) is 49.5 Å². The molecule has 0 aliphatic heterocycles. The summed E-state index contributed by atoms with van der Waals surface area (Å²) < 4.78 is 31.9. The van der Waals surface area contributed by atoms with Gasteiger partial charge in [0.15, 0.2) is 0 Å². The second-order valence-corrected chi connectivity index (χ2v) is 11.2. The van der Waals surface area contributed by atoms with Gasteiger partial charge >= 0.3 is 0 Å². The number of imidazole rings is 1. The SMILES string of the molecule is CC(=O)NC1C(C)CC(c2ccncc2Nc2ncc3ccc(-c4c(F)ccc(C(=O)NC(C)C)c4F)nn23)CC1N. The highest BCUT2D eigenvalue weighted by atomic mass is 19.1. The zero-order chi connectivity index (χ0) is 30.1. The van der Waals surface area contributed by atoms with Gasteiger partial charge in [-0.3, -0.25) is 14.6 Å². The Morgan fingerprint density at radius 3 is 2.60 bits per heavy atom. The van der Waals surface area contributed by atoms with E-state index in [-0.39, 0.29) is 47.1 Å². The van der Waals surface area contributed by atoms with Crippen LogP contribution in [0.1, 0.15) is 62.4 Å². The number of hydrogen-bond donors (Lipinski definition) is 4. The maximum absolute atomic E-state index is 15.5. The van der Waals surface area contributed by atoms with Crippen LogP contribution in [0.25, 0.3) is 16.8 Å². The molecule has 10 nitrogen and oxygen atoms in total. The van der Waals surface area contributed by atoms with E-state index in [2.05, 4.69) is 37.9 Å². The van der Waals surface area contributed by atoms with E-state index in [0.29, 0.717) is 23.6 Å². The van der Waals surface area contributed by atoms with Crippen molar-refractivity contribution in [3.63, 3.8) is 0 Å². The Morgan fingerprint density at radius 1 is 1.10 bits per heavy atom. The van der Waals surface area contributed by atoms with Crippen LogP contribution in [0, 0.1) is 17.6 Å². The third kappa shape index (κ3) is 5.80. The van der Waals surface area contributed by atoms with Crippen molar-refractivity contribution in [3.8, 4) is 11.3 Å². The molecule has 5 rings (SSSR count). The highest BCUT2D eigenvalue weighted by Gasteiger charge is 2.35. The quantitative estimate of drug-likeness (QED) is 0.257. The van der Waals surface area contributed by atoms with Gasteiger partial charge < -0.3 is 21.7 Å². The second kappa shape index (κ2) is 11.8. The van der Waals surface area contributed by atoms with Gasteiger partial charge in [-0.1, -0.05) is 6.92 Å². The predicted octanol–water partition coefficient (Wildman–Crippen LogP) is 4.30. The fourth-order valence-corrected chi connectivity index (χ4v) is 5.72. The third-order valence-corrected chi connectivity index (χ3v) is 7.59. The summed E-state index contributed by atoms with van der Waals surface area (Å²) in [6, 6.07) is 6.69. The number of nitrogens with one attached hydrogen (secondary N) is 3. The number of pyridine rings is 1. The molecule has 1 fully saturated rings. The summed E-state index contributed by atoms with van der Waals surface area (Å²) in [6.07, 6.45) is 6.46. The van der Waals surface area contributed by atoms with Crippen LogP contribution < -0.4 is 21.7 Å². The van der Waals surface area contributed by atoms with Crippen molar-refractivity contribution < 1.29 is 18.4 Å². The summed E-state index contributed by atoms with van der Waals surface area (Å²) in [5.74, 6) is -2.00. The summed E-state index contributed by atoms with van der Waals surface area (Å²) in [7, 11) is 0. The van der Waals surface area contributed by atoms with E-state index in [1.165, 1.54) is 17.5 Å². The number of amides is 2. The maximum Gasteiger partial charge on any atom is 0.254 e. The van der Waals surface area contributed by atoms with Gasteiger partial charge in [0.05, 0.1) is 40.4 Å². The summed E-state index contributed by atoms with van der Waals surface area (Å²) in [6.45, 7) is 7.08. The van der Waals surface area contributed by atoms with Crippen molar-refractivity contribution in [2.24, 2.45) is 11.7 Å². The van der Waals surface area contributed by atoms with Gasteiger partial charge in [-0.05, 0) is 74.4 Å². The normalized spacial score (nSPS) is 20.5. The lowest BCUT2D eigenvalue weighted by molar-refractivity contribution is -0.120. The number of aromatic nitrogens is 4. The van der Waals surface area contributed by atoms with E-state index in [1.54, 1.807) is 38.5 Å². The summed E-state index contributed by atoms with van der Waals surface area (Å²) in [4.78, 5) is 32.9. The molecule has 1 aromatic carbocycles. The Kier molecular flexibility index (Phi) is 8.17. The van der Waals surface area contributed by atoms with Crippen LogP contribution in [0.3, 0.4) is 0 Å². The van der Waals surface area contributed by atoms with E-state index < -0.39 is 23.1 Å². The molecule has 1 aliphatic carbocycles. The Morgan fingerprint density at radius 2 is 1.88 bits per heavy atom. The topological polar surface area (TPSA) is 139 Å². The molecule has 1 aliphatic rings. The standard InChI is InChI=1S/C30H34F2N8O2/c1-15(2)36-29(42)21-6-7-22(31)26(27(21)32)24-8-5-19-13-35-30(40(19)39-24)38-25-14-34-10-9-20(25)18-11-16(3)28(23(33)12-18)37-17(4)41/h5-10,13-16,18,23,28H,11-12,33H2,1-4H3,(H,35,38)(H,36,42)(H,37,41). The molecule has 12 heteroatoms. The molecule has 0 spiro atoms. The van der Waals surface area contributed by atoms with E-state index in [0.717, 1.165) is 24.1 Å². The van der Waals surface area contributed by atoms with E-state index >= 15 is 4.39 Å². The van der Waals surface area contributed by atoms with Gasteiger partial charge in [-0.25, -0.2) is 13.8 Å². The van der Waals surface area contributed by atoms with Crippen LogP contribution in [-0.2, 0) is 4.79 Å². The minimum atomic E-state index is -0.996. The number of fused-ring (bicyclic) bond motifs is 1. The summed E-state index contributed by atoms with van der Waals surface area (Å²) in [5, 5.41) is 13.4. The van der Waals surface area contributed by atoms with E-state index in [9.17, 15) is 14.0 Å². The molecular formula is C30H34F2N8O2. The number of benzene rings is 1. The van der Waals surface area contributed by atoms with Crippen molar-refractivity contribution >= 4 is 29.0 Å². The first-order valence-corrected chi connectivity index (χ1v) is 13.9. The number of anilines is 2. The first-order valence-electron chi connectivity index (χ1n) is 13.9. The van der Waals surface area contributed by atoms with Crippen LogP contribution in [0.2, 0.25) is 0 Å². The van der Waals surface area contributed by atoms with Gasteiger partial charge in [0, 0.05) is 31.2 Å². The molecule has 220 valence electrons. The van der Waals surface area contributed by atoms with Crippen molar-refractivity contribution in [3.05, 3.63) is 71.7 Å². The number of carbonyl (C=O) groups excluding carboxylic acids is 2. The highest BCUT2D eigenvalue weighted by molar-refractivity contribution is 5.96. The van der Waals surface area contributed by atoms with Crippen molar-refractivity contribution in [2.75, 3.05) is 5.32 Å². The minimum absolute atomic E-state index is 0.000231. The van der Waals surface area contributed by atoms with E-state index in [1.807, 2.05) is 6.07 Å². The molecule has 0 radical (unpaired) electrons. The monoisotopic (exact) mass is 576 g/mol. The highest BCUT2D eigenvalue weighted by Crippen LogP contribution is 2.39. The molecular weight excluding hydrogens is 542 g/mol. The van der Waals surface area contributed by atoms with Crippen LogP contribution in [0.5, 0.6) is 0 Å². The molecule has 4 unspecified atom stereocenters. The predicted molar refractivity (Wildman–Crippen MR) is 155 cm³/mol. The number of halogens is 2. The molecule has 1 saturated carbocycles. The lowest BCUT2D eigenvalue weighted by atomic mass is 9.73. The molecule has 4 atom stereocenters. The van der Waals surface area contributed by atoms with Gasteiger partial charge in [-0.15, -0.1) is 0 Å². The zero-order valence-electron chi connectivity index (χ0n) is 23.9. The van der Waals surface area contributed by atoms with Gasteiger partial charge in [0.1, 0.15) is 11.6 Å². The molecule has 0 bridgehead atoms. The summed E-state index contributed by atoms with van der Waals surface area (Å²) in [5.41, 5.74) is 8.09. The van der Waals surface area contributed by atoms with Gasteiger partial charge in [-0.2, -0.15) is 9.61 Å². The molecule has 3 aromatic heterocycles. The average Bonchev–Trinajstić information content (AvgIpc) is 3.32. The zero-order valence-corrected chi connectivity index (χ0v) is 23.9. The number of rotatable bonds is 7. The van der Waals surface area contributed by atoms with Crippen molar-refractivity contribution in [1.29, 1.82) is 0 Å². The van der Waals surface area contributed by atoms with Crippen molar-refractivity contribution in [1.82, 2.24) is 30.2 Å². The molecule has 2 amide bonds. The third-order valence-electron chi connectivity index (χ3n) is 7.59. The van der Waals surface area contributed by atoms with E-state index in [4.69, 9.17) is 5.73 Å². The van der Waals surface area contributed by atoms with Crippen LogP contribution >= 0.6 is 0 Å². The number of hydrogen-bond acceptors (Lipinski definition) is 7. The van der Waals surface area contributed by atoms with Crippen LogP contribution in [0.4, 0.5) is 20.4 Å². The number of carbonyl (C=O) groups is 2. The largest absolute Gasteiger partial charge is 0.352 e. The molecule has 4 aromatic rings. The Balaban J connectivity index is 1.47. The lowest BCUT2D eigenvalue weighted by Gasteiger charge is -2.39. The fourth-order valence-electron chi connectivity index (χ4n) is 5.72. The first-order chi connectivity index (χ1) is 20.0. The molecule has 42 heavy (non-hydrogen) atoms. The average molecular weight is 577 g/mol. The lowest BCUT2D eigenvalue weighted by Crippen LogP contribution is -2.54.